The van der Waals surface area contributed by atoms with Crippen molar-refractivity contribution in [2.24, 2.45) is 5.92 Å². The number of aryl methyl sites for hydroxylation is 1. The zero-order valence-electron chi connectivity index (χ0n) is 10.5. The Hall–Kier alpha value is -1.41. The van der Waals surface area contributed by atoms with E-state index in [-0.39, 0.29) is 17.4 Å². The molecule has 0 aromatic carbocycles. The third-order valence-corrected chi connectivity index (χ3v) is 4.21. The van der Waals surface area contributed by atoms with E-state index in [1.165, 1.54) is 6.20 Å². The van der Waals surface area contributed by atoms with Gasteiger partial charge in [-0.05, 0) is 12.8 Å². The fourth-order valence-electron chi connectivity index (χ4n) is 1.54. The van der Waals surface area contributed by atoms with Crippen LogP contribution in [0.2, 0.25) is 0 Å². The molecule has 0 spiro atoms. The molecule has 1 heterocycles. The first kappa shape index (κ1) is 14.7. The second kappa shape index (κ2) is 5.49. The Morgan fingerprint density at radius 1 is 1.56 bits per heavy atom. The molecule has 0 aliphatic carbocycles. The summed E-state index contributed by atoms with van der Waals surface area (Å²) in [5.41, 5.74) is 0.397. The van der Waals surface area contributed by atoms with Crippen molar-refractivity contribution in [1.29, 1.82) is 0 Å². The lowest BCUT2D eigenvalue weighted by molar-refractivity contribution is -0.137. The van der Waals surface area contributed by atoms with E-state index >= 15 is 0 Å². The van der Waals surface area contributed by atoms with Crippen LogP contribution in [-0.2, 0) is 14.8 Å². The van der Waals surface area contributed by atoms with Crippen LogP contribution in [0.3, 0.4) is 0 Å². The molecule has 1 aromatic heterocycles. The summed E-state index contributed by atoms with van der Waals surface area (Å²) in [5, 5.41) is 15.0. The van der Waals surface area contributed by atoms with Gasteiger partial charge in [0.2, 0.25) is 10.0 Å². The van der Waals surface area contributed by atoms with Gasteiger partial charge < -0.3 is 5.11 Å². The van der Waals surface area contributed by atoms with Gasteiger partial charge in [0, 0.05) is 6.54 Å². The SMILES string of the molecule is Cc1[nH]ncc1S(=O)(=O)N(CC(=O)O)CC(C)C. The Morgan fingerprint density at radius 2 is 2.17 bits per heavy atom. The number of carboxylic acid groups (broad SMARTS) is 1. The number of sulfonamides is 1. The Balaban J connectivity index is 3.11. The summed E-state index contributed by atoms with van der Waals surface area (Å²) in [6.45, 7) is 4.83. The standard InChI is InChI=1S/C10H17N3O4S/c1-7(2)5-13(6-10(14)15)18(16,17)9-4-11-12-8(9)3/h4,7H,5-6H2,1-3H3,(H,11,12)(H,14,15). The van der Waals surface area contributed by atoms with Gasteiger partial charge in [-0.25, -0.2) is 8.42 Å². The highest BCUT2D eigenvalue weighted by Crippen LogP contribution is 2.18. The number of rotatable bonds is 6. The molecule has 7 nitrogen and oxygen atoms in total. The highest BCUT2D eigenvalue weighted by atomic mass is 32.2. The van der Waals surface area contributed by atoms with Gasteiger partial charge in [-0.2, -0.15) is 9.40 Å². The number of carbonyl (C=O) groups is 1. The third kappa shape index (κ3) is 3.30. The number of aromatic amines is 1. The average Bonchev–Trinajstić information content (AvgIpc) is 2.62. The number of nitrogens with zero attached hydrogens (tertiary/aromatic N) is 2. The minimum atomic E-state index is -3.82. The summed E-state index contributed by atoms with van der Waals surface area (Å²) < 4.78 is 25.5. The van der Waals surface area contributed by atoms with Crippen molar-refractivity contribution in [3.05, 3.63) is 11.9 Å². The van der Waals surface area contributed by atoms with Crippen LogP contribution in [0.1, 0.15) is 19.5 Å². The molecule has 0 amide bonds. The van der Waals surface area contributed by atoms with Crippen LogP contribution >= 0.6 is 0 Å². The summed E-state index contributed by atoms with van der Waals surface area (Å²) in [7, 11) is -3.82. The van der Waals surface area contributed by atoms with Crippen LogP contribution in [0, 0.1) is 12.8 Å². The van der Waals surface area contributed by atoms with Gasteiger partial charge in [0.25, 0.3) is 0 Å². The highest BCUT2D eigenvalue weighted by molar-refractivity contribution is 7.89. The molecule has 1 aromatic rings. The molecule has 0 saturated heterocycles. The van der Waals surface area contributed by atoms with Gasteiger partial charge in [0.15, 0.2) is 0 Å². The summed E-state index contributed by atoms with van der Waals surface area (Å²) in [5.74, 6) is -1.15. The van der Waals surface area contributed by atoms with Gasteiger partial charge in [-0.1, -0.05) is 13.8 Å². The quantitative estimate of drug-likeness (QED) is 0.784. The first-order chi connectivity index (χ1) is 8.25. The number of hydrogen-bond donors (Lipinski definition) is 2. The van der Waals surface area contributed by atoms with Gasteiger partial charge in [-0.15, -0.1) is 0 Å². The molecule has 8 heteroatoms. The Morgan fingerprint density at radius 3 is 2.56 bits per heavy atom. The second-order valence-corrected chi connectivity index (χ2v) is 6.35. The van der Waals surface area contributed by atoms with Crippen LogP contribution in [0.4, 0.5) is 0 Å². The Labute approximate surface area is 106 Å². The van der Waals surface area contributed by atoms with Gasteiger partial charge in [-0.3, -0.25) is 9.89 Å². The molecule has 0 saturated carbocycles. The van der Waals surface area contributed by atoms with Crippen molar-refractivity contribution in [2.45, 2.75) is 25.7 Å². The molecule has 0 aliphatic heterocycles. The van der Waals surface area contributed by atoms with Crippen LogP contribution in [0.5, 0.6) is 0 Å². The van der Waals surface area contributed by atoms with Crippen LogP contribution < -0.4 is 0 Å². The summed E-state index contributed by atoms with van der Waals surface area (Å²) >= 11 is 0. The Kier molecular flexibility index (Phi) is 4.47. The van der Waals surface area contributed by atoms with Crippen LogP contribution in [0.15, 0.2) is 11.1 Å². The van der Waals surface area contributed by atoms with Gasteiger partial charge in [0.05, 0.1) is 11.9 Å². The van der Waals surface area contributed by atoms with E-state index in [2.05, 4.69) is 10.2 Å². The lowest BCUT2D eigenvalue weighted by atomic mass is 10.2. The van der Waals surface area contributed by atoms with Crippen LogP contribution in [-0.4, -0.2) is 47.1 Å². The first-order valence-corrected chi connectivity index (χ1v) is 6.91. The lowest BCUT2D eigenvalue weighted by Gasteiger charge is -2.21. The Bertz CT molecular complexity index is 521. The number of carboxylic acids is 1. The highest BCUT2D eigenvalue weighted by Gasteiger charge is 2.29. The van der Waals surface area contributed by atoms with Crippen molar-refractivity contribution >= 4 is 16.0 Å². The molecule has 2 N–H and O–H groups in total. The van der Waals surface area contributed by atoms with Gasteiger partial charge >= 0.3 is 5.97 Å². The second-order valence-electron chi connectivity index (χ2n) is 4.44. The molecular weight excluding hydrogens is 258 g/mol. The van der Waals surface area contributed by atoms with Crippen molar-refractivity contribution in [3.63, 3.8) is 0 Å². The maximum Gasteiger partial charge on any atom is 0.318 e. The zero-order chi connectivity index (χ0) is 13.9. The predicted octanol–water partition coefficient (Wildman–Crippen LogP) is 0.449. The monoisotopic (exact) mass is 275 g/mol. The number of aromatic nitrogens is 2. The molecule has 0 unspecified atom stereocenters. The minimum Gasteiger partial charge on any atom is -0.480 e. The van der Waals surface area contributed by atoms with Crippen molar-refractivity contribution in [2.75, 3.05) is 13.1 Å². The molecule has 0 fully saturated rings. The molecule has 0 atom stereocenters. The molecule has 0 radical (unpaired) electrons. The fourth-order valence-corrected chi connectivity index (χ4v) is 3.22. The minimum absolute atomic E-state index is 0.0180. The lowest BCUT2D eigenvalue weighted by Crippen LogP contribution is -2.38. The maximum atomic E-state index is 12.3. The van der Waals surface area contributed by atoms with E-state index in [0.717, 1.165) is 4.31 Å². The molecule has 0 bridgehead atoms. The van der Waals surface area contributed by atoms with Crippen LogP contribution in [0.25, 0.3) is 0 Å². The fraction of sp³-hybridized carbons (Fsp3) is 0.600. The topological polar surface area (TPSA) is 103 Å². The van der Waals surface area contributed by atoms with E-state index in [4.69, 9.17) is 5.11 Å². The zero-order valence-corrected chi connectivity index (χ0v) is 11.4. The van der Waals surface area contributed by atoms with E-state index < -0.39 is 22.5 Å². The first-order valence-electron chi connectivity index (χ1n) is 5.47. The van der Waals surface area contributed by atoms with E-state index in [1.54, 1.807) is 6.92 Å². The van der Waals surface area contributed by atoms with Crippen molar-refractivity contribution in [3.8, 4) is 0 Å². The molecule has 1 rings (SSSR count). The smallest absolute Gasteiger partial charge is 0.318 e. The number of aliphatic carboxylic acids is 1. The molecular formula is C10H17N3O4S. The van der Waals surface area contributed by atoms with Crippen molar-refractivity contribution in [1.82, 2.24) is 14.5 Å². The van der Waals surface area contributed by atoms with Crippen molar-refractivity contribution < 1.29 is 18.3 Å². The number of H-pyrrole nitrogens is 1. The van der Waals surface area contributed by atoms with E-state index in [1.807, 2.05) is 13.8 Å². The maximum absolute atomic E-state index is 12.3. The molecule has 0 aliphatic rings. The molecule has 102 valence electrons. The van der Waals surface area contributed by atoms with E-state index in [9.17, 15) is 13.2 Å². The summed E-state index contributed by atoms with van der Waals surface area (Å²) in [4.78, 5) is 10.8. The van der Waals surface area contributed by atoms with E-state index in [0.29, 0.717) is 5.69 Å². The van der Waals surface area contributed by atoms with Gasteiger partial charge in [0.1, 0.15) is 11.4 Å². The summed E-state index contributed by atoms with van der Waals surface area (Å²) in [6.07, 6.45) is 1.19. The third-order valence-electron chi connectivity index (χ3n) is 2.28. The predicted molar refractivity (Wildman–Crippen MR) is 64.6 cm³/mol. The number of nitrogens with one attached hydrogen (secondary N) is 1. The number of hydrogen-bond acceptors (Lipinski definition) is 4. The summed E-state index contributed by atoms with van der Waals surface area (Å²) in [6, 6.07) is 0. The molecule has 18 heavy (non-hydrogen) atoms. The largest absolute Gasteiger partial charge is 0.480 e. The average molecular weight is 275 g/mol. The normalized spacial score (nSPS) is 12.3.